The van der Waals surface area contributed by atoms with Crippen LogP contribution in [0.4, 0.5) is 0 Å². The molecule has 5 heteroatoms. The average Bonchev–Trinajstić information content (AvgIpc) is 2.73. The monoisotopic (exact) mass is 269 g/mol. The predicted octanol–water partition coefficient (Wildman–Crippen LogP) is 2.52. The maximum atomic E-state index is 5.63. The van der Waals surface area contributed by atoms with Crippen molar-refractivity contribution in [3.8, 4) is 0 Å². The first kappa shape index (κ1) is 16.1. The van der Waals surface area contributed by atoms with Gasteiger partial charge < -0.3 is 14.6 Å². The molecule has 0 bridgehead atoms. The Kier molecular flexibility index (Phi) is 5.10. The summed E-state index contributed by atoms with van der Waals surface area (Å²) >= 11 is 0. The van der Waals surface area contributed by atoms with E-state index in [1.54, 1.807) is 0 Å². The molecular formula is C14H27N3O2. The van der Waals surface area contributed by atoms with Gasteiger partial charge in [0.1, 0.15) is 5.60 Å². The van der Waals surface area contributed by atoms with Gasteiger partial charge >= 0.3 is 0 Å². The molecule has 1 N–H and O–H groups in total. The van der Waals surface area contributed by atoms with Crippen LogP contribution in [0.5, 0.6) is 0 Å². The van der Waals surface area contributed by atoms with Crippen molar-refractivity contribution in [1.82, 2.24) is 15.5 Å². The van der Waals surface area contributed by atoms with Gasteiger partial charge in [-0.05, 0) is 33.2 Å². The number of nitrogens with zero attached hydrogens (tertiary/aromatic N) is 2. The summed E-state index contributed by atoms with van der Waals surface area (Å²) in [5.74, 6) is 1.25. The number of likely N-dealkylation sites (N-methyl/N-ethyl adjacent to an activating group) is 1. The lowest BCUT2D eigenvalue weighted by molar-refractivity contribution is -0.0221. The van der Waals surface area contributed by atoms with E-state index in [0.29, 0.717) is 18.3 Å². The predicted molar refractivity (Wildman–Crippen MR) is 75.0 cm³/mol. The summed E-state index contributed by atoms with van der Waals surface area (Å²) < 4.78 is 11.0. The van der Waals surface area contributed by atoms with Gasteiger partial charge in [0.25, 0.3) is 0 Å². The van der Waals surface area contributed by atoms with Crippen LogP contribution in [0.25, 0.3) is 0 Å². The summed E-state index contributed by atoms with van der Waals surface area (Å²) in [5.41, 5.74) is -0.369. The van der Waals surface area contributed by atoms with Crippen LogP contribution in [0.1, 0.15) is 53.3 Å². The molecule has 1 unspecified atom stereocenters. The number of rotatable bonds is 6. The second kappa shape index (κ2) is 6.01. The van der Waals surface area contributed by atoms with Crippen molar-refractivity contribution in [3.05, 3.63) is 11.7 Å². The maximum Gasteiger partial charge on any atom is 0.228 e. The average molecular weight is 269 g/mol. The van der Waals surface area contributed by atoms with Gasteiger partial charge in [0.05, 0.1) is 0 Å². The van der Waals surface area contributed by atoms with Crippen molar-refractivity contribution in [1.29, 1.82) is 0 Å². The van der Waals surface area contributed by atoms with Crippen molar-refractivity contribution in [2.75, 3.05) is 13.7 Å². The molecule has 1 heterocycles. The molecule has 0 aliphatic rings. The summed E-state index contributed by atoms with van der Waals surface area (Å²) in [4.78, 5) is 4.46. The fourth-order valence-corrected chi connectivity index (χ4v) is 2.02. The van der Waals surface area contributed by atoms with Gasteiger partial charge in [-0.3, -0.25) is 0 Å². The van der Waals surface area contributed by atoms with E-state index in [0.717, 1.165) is 6.42 Å². The van der Waals surface area contributed by atoms with Crippen LogP contribution in [0.15, 0.2) is 4.52 Å². The third-order valence-electron chi connectivity index (χ3n) is 3.28. The lowest BCUT2D eigenvalue weighted by Crippen LogP contribution is -2.39. The minimum atomic E-state index is -0.507. The highest BCUT2D eigenvalue weighted by atomic mass is 16.5. The molecule has 0 radical (unpaired) electrons. The highest BCUT2D eigenvalue weighted by Gasteiger charge is 2.29. The van der Waals surface area contributed by atoms with E-state index in [1.165, 1.54) is 0 Å². The van der Waals surface area contributed by atoms with Crippen molar-refractivity contribution in [2.45, 2.75) is 59.6 Å². The smallest absolute Gasteiger partial charge is 0.228 e. The van der Waals surface area contributed by atoms with Crippen LogP contribution in [-0.2, 0) is 16.8 Å². The summed E-state index contributed by atoms with van der Waals surface area (Å²) in [5, 5.41) is 7.34. The van der Waals surface area contributed by atoms with Crippen molar-refractivity contribution in [3.63, 3.8) is 0 Å². The highest BCUT2D eigenvalue weighted by Crippen LogP contribution is 2.24. The molecule has 0 fully saturated rings. The van der Waals surface area contributed by atoms with Gasteiger partial charge in [0.2, 0.25) is 11.7 Å². The zero-order valence-electron chi connectivity index (χ0n) is 13.2. The minimum absolute atomic E-state index is 0.138. The van der Waals surface area contributed by atoms with E-state index in [-0.39, 0.29) is 11.5 Å². The molecule has 0 spiro atoms. The molecule has 0 saturated heterocycles. The molecule has 0 aromatic carbocycles. The largest absolute Gasteiger partial charge is 0.368 e. The van der Waals surface area contributed by atoms with E-state index < -0.39 is 5.60 Å². The normalized spacial score (nSPS) is 14.7. The SMILES string of the molecule is CCOC(C)(C)c1noc(CC(NC)C(C)(C)C)n1. The first-order valence-corrected chi connectivity index (χ1v) is 6.85. The number of ether oxygens (including phenoxy) is 1. The van der Waals surface area contributed by atoms with E-state index in [4.69, 9.17) is 9.26 Å². The zero-order chi connectivity index (χ0) is 14.7. The number of hydrogen-bond acceptors (Lipinski definition) is 5. The Bertz CT molecular complexity index is 394. The lowest BCUT2D eigenvalue weighted by Gasteiger charge is -2.29. The third kappa shape index (κ3) is 4.28. The molecule has 1 rings (SSSR count). The van der Waals surface area contributed by atoms with Crippen LogP contribution in [0.3, 0.4) is 0 Å². The summed E-state index contributed by atoms with van der Waals surface area (Å²) in [6.07, 6.45) is 0.717. The Morgan fingerprint density at radius 3 is 2.37 bits per heavy atom. The maximum absolute atomic E-state index is 5.63. The van der Waals surface area contributed by atoms with Crippen LogP contribution in [0.2, 0.25) is 0 Å². The van der Waals surface area contributed by atoms with Crippen LogP contribution in [0, 0.1) is 5.41 Å². The van der Waals surface area contributed by atoms with Gasteiger partial charge in [-0.1, -0.05) is 25.9 Å². The molecule has 0 aliphatic heterocycles. The van der Waals surface area contributed by atoms with E-state index in [9.17, 15) is 0 Å². The van der Waals surface area contributed by atoms with Crippen LogP contribution >= 0.6 is 0 Å². The second-order valence-electron chi connectivity index (χ2n) is 6.37. The van der Waals surface area contributed by atoms with E-state index >= 15 is 0 Å². The molecular weight excluding hydrogens is 242 g/mol. The van der Waals surface area contributed by atoms with Gasteiger partial charge in [-0.2, -0.15) is 4.98 Å². The molecule has 1 aromatic rings. The molecule has 0 saturated carbocycles. The van der Waals surface area contributed by atoms with Crippen molar-refractivity contribution in [2.24, 2.45) is 5.41 Å². The Hall–Kier alpha value is -0.940. The molecule has 0 amide bonds. The molecule has 1 atom stereocenters. The molecule has 5 nitrogen and oxygen atoms in total. The van der Waals surface area contributed by atoms with E-state index in [2.05, 4.69) is 36.2 Å². The fraction of sp³-hybridized carbons (Fsp3) is 0.857. The van der Waals surface area contributed by atoms with Crippen molar-refractivity contribution >= 4 is 0 Å². The second-order valence-corrected chi connectivity index (χ2v) is 6.37. The van der Waals surface area contributed by atoms with Crippen LogP contribution in [-0.4, -0.2) is 29.8 Å². The molecule has 110 valence electrons. The summed E-state index contributed by atoms with van der Waals surface area (Å²) in [6, 6.07) is 0.288. The molecule has 19 heavy (non-hydrogen) atoms. The quantitative estimate of drug-likeness (QED) is 0.860. The number of nitrogens with one attached hydrogen (secondary N) is 1. The zero-order valence-corrected chi connectivity index (χ0v) is 13.2. The van der Waals surface area contributed by atoms with Gasteiger partial charge in [0, 0.05) is 19.1 Å². The molecule has 0 aliphatic carbocycles. The third-order valence-corrected chi connectivity index (χ3v) is 3.28. The van der Waals surface area contributed by atoms with Crippen LogP contribution < -0.4 is 5.32 Å². The summed E-state index contributed by atoms with van der Waals surface area (Å²) in [6.45, 7) is 13.0. The van der Waals surface area contributed by atoms with Gasteiger partial charge in [-0.15, -0.1) is 0 Å². The standard InChI is InChI=1S/C14H27N3O2/c1-8-18-14(5,6)12-16-11(19-17-12)9-10(15-7)13(2,3)4/h10,15H,8-9H2,1-7H3. The Morgan fingerprint density at radius 1 is 1.26 bits per heavy atom. The lowest BCUT2D eigenvalue weighted by atomic mass is 9.85. The van der Waals surface area contributed by atoms with E-state index in [1.807, 2.05) is 27.8 Å². The highest BCUT2D eigenvalue weighted by molar-refractivity contribution is 4.99. The Labute approximate surface area is 116 Å². The number of aromatic nitrogens is 2. The molecule has 1 aromatic heterocycles. The Morgan fingerprint density at radius 2 is 1.89 bits per heavy atom. The summed E-state index contributed by atoms with van der Waals surface area (Å²) in [7, 11) is 1.96. The van der Waals surface area contributed by atoms with Crippen molar-refractivity contribution < 1.29 is 9.26 Å². The Balaban J connectivity index is 2.80. The minimum Gasteiger partial charge on any atom is -0.368 e. The first-order chi connectivity index (χ1) is 8.70. The van der Waals surface area contributed by atoms with Gasteiger partial charge in [-0.25, -0.2) is 0 Å². The number of hydrogen-bond donors (Lipinski definition) is 1. The topological polar surface area (TPSA) is 60.2 Å². The first-order valence-electron chi connectivity index (χ1n) is 6.85. The fourth-order valence-electron chi connectivity index (χ4n) is 2.02. The van der Waals surface area contributed by atoms with Gasteiger partial charge in [0.15, 0.2) is 0 Å².